The molecule has 14 heavy (non-hydrogen) atoms. The van der Waals surface area contributed by atoms with Crippen LogP contribution in [0.25, 0.3) is 0 Å². The van der Waals surface area contributed by atoms with E-state index in [0.29, 0.717) is 12.6 Å². The van der Waals surface area contributed by atoms with Gasteiger partial charge in [0.15, 0.2) is 0 Å². The lowest BCUT2D eigenvalue weighted by Gasteiger charge is -2.26. The molecule has 0 saturated heterocycles. The van der Waals surface area contributed by atoms with Crippen LogP contribution in [0.5, 0.6) is 0 Å². The molecular formula is C11H24N2O. The number of aliphatic hydroxyl groups is 1. The highest BCUT2D eigenvalue weighted by atomic mass is 16.3. The first kappa shape index (κ1) is 12.0. The van der Waals surface area contributed by atoms with Crippen LogP contribution in [0.1, 0.15) is 32.6 Å². The van der Waals surface area contributed by atoms with Gasteiger partial charge in [-0.3, -0.25) is 0 Å². The van der Waals surface area contributed by atoms with Crippen LogP contribution >= 0.6 is 0 Å². The Morgan fingerprint density at radius 2 is 2.07 bits per heavy atom. The molecule has 84 valence electrons. The van der Waals surface area contributed by atoms with Crippen LogP contribution < -0.4 is 5.32 Å². The highest BCUT2D eigenvalue weighted by Gasteiger charge is 2.20. The smallest absolute Gasteiger partial charge is 0.0791 e. The predicted molar refractivity (Wildman–Crippen MR) is 59.4 cm³/mol. The maximum atomic E-state index is 9.71. The van der Waals surface area contributed by atoms with Crippen molar-refractivity contribution in [2.24, 2.45) is 0 Å². The Morgan fingerprint density at radius 1 is 1.43 bits per heavy atom. The molecule has 1 saturated carbocycles. The number of nitrogens with one attached hydrogen (secondary N) is 1. The Morgan fingerprint density at radius 3 is 2.64 bits per heavy atom. The molecule has 2 N–H and O–H groups in total. The number of nitrogens with zero attached hydrogens (tertiary/aromatic N) is 1. The second-order valence-corrected chi connectivity index (χ2v) is 4.34. The summed E-state index contributed by atoms with van der Waals surface area (Å²) in [4.78, 5) is 2.31. The topological polar surface area (TPSA) is 35.5 Å². The zero-order chi connectivity index (χ0) is 10.4. The fourth-order valence-electron chi connectivity index (χ4n) is 2.20. The van der Waals surface area contributed by atoms with Gasteiger partial charge in [-0.05, 0) is 26.4 Å². The van der Waals surface area contributed by atoms with E-state index >= 15 is 0 Å². The Labute approximate surface area is 87.5 Å². The summed E-state index contributed by atoms with van der Waals surface area (Å²) in [6, 6.07) is 0.714. The monoisotopic (exact) mass is 200 g/mol. The Kier molecular flexibility index (Phi) is 5.45. The standard InChI is InChI=1S/C11H24N2O/c1-3-12-8-11(14)9-13(2)10-6-4-5-7-10/h10-12,14H,3-9H2,1-2H3. The second-order valence-electron chi connectivity index (χ2n) is 4.34. The third kappa shape index (κ3) is 3.95. The predicted octanol–water partition coefficient (Wildman–Crippen LogP) is 0.831. The minimum absolute atomic E-state index is 0.222. The third-order valence-electron chi connectivity index (χ3n) is 3.08. The molecule has 1 rings (SSSR count). The van der Waals surface area contributed by atoms with Gasteiger partial charge in [0.1, 0.15) is 0 Å². The van der Waals surface area contributed by atoms with Crippen molar-refractivity contribution in [3.05, 3.63) is 0 Å². The Bertz CT molecular complexity index is 146. The molecule has 0 aromatic carbocycles. The summed E-state index contributed by atoms with van der Waals surface area (Å²) in [6.45, 7) is 4.52. The van der Waals surface area contributed by atoms with E-state index in [1.54, 1.807) is 0 Å². The van der Waals surface area contributed by atoms with Gasteiger partial charge in [-0.25, -0.2) is 0 Å². The summed E-state index contributed by atoms with van der Waals surface area (Å²) < 4.78 is 0. The summed E-state index contributed by atoms with van der Waals surface area (Å²) >= 11 is 0. The maximum absolute atomic E-state index is 9.71. The number of hydrogen-bond acceptors (Lipinski definition) is 3. The van der Waals surface area contributed by atoms with Crippen molar-refractivity contribution in [1.82, 2.24) is 10.2 Å². The van der Waals surface area contributed by atoms with E-state index in [2.05, 4.69) is 24.2 Å². The van der Waals surface area contributed by atoms with Crippen LogP contribution in [-0.4, -0.2) is 48.8 Å². The van der Waals surface area contributed by atoms with Crippen molar-refractivity contribution in [3.8, 4) is 0 Å². The van der Waals surface area contributed by atoms with Crippen molar-refractivity contribution in [3.63, 3.8) is 0 Å². The van der Waals surface area contributed by atoms with E-state index in [1.807, 2.05) is 0 Å². The fourth-order valence-corrected chi connectivity index (χ4v) is 2.20. The largest absolute Gasteiger partial charge is 0.390 e. The number of aliphatic hydroxyl groups excluding tert-OH is 1. The summed E-state index contributed by atoms with van der Waals surface area (Å²) in [5.41, 5.74) is 0. The van der Waals surface area contributed by atoms with Crippen LogP contribution in [0.4, 0.5) is 0 Å². The zero-order valence-electron chi connectivity index (χ0n) is 9.50. The molecular weight excluding hydrogens is 176 g/mol. The lowest BCUT2D eigenvalue weighted by molar-refractivity contribution is 0.104. The molecule has 3 nitrogen and oxygen atoms in total. The van der Waals surface area contributed by atoms with Gasteiger partial charge in [0.25, 0.3) is 0 Å². The highest BCUT2D eigenvalue weighted by molar-refractivity contribution is 4.77. The summed E-state index contributed by atoms with van der Waals surface area (Å²) in [7, 11) is 2.13. The molecule has 3 heteroatoms. The first-order valence-corrected chi connectivity index (χ1v) is 5.83. The number of hydrogen-bond donors (Lipinski definition) is 2. The van der Waals surface area contributed by atoms with E-state index in [-0.39, 0.29) is 6.10 Å². The molecule has 0 aromatic rings. The lowest BCUT2D eigenvalue weighted by atomic mass is 10.2. The highest BCUT2D eigenvalue weighted by Crippen LogP contribution is 2.22. The van der Waals surface area contributed by atoms with Gasteiger partial charge in [0.2, 0.25) is 0 Å². The van der Waals surface area contributed by atoms with E-state index < -0.39 is 0 Å². The van der Waals surface area contributed by atoms with Gasteiger partial charge in [0, 0.05) is 19.1 Å². The van der Waals surface area contributed by atoms with Gasteiger partial charge in [-0.15, -0.1) is 0 Å². The van der Waals surface area contributed by atoms with Gasteiger partial charge < -0.3 is 15.3 Å². The lowest BCUT2D eigenvalue weighted by Crippen LogP contribution is -2.40. The van der Waals surface area contributed by atoms with E-state index in [4.69, 9.17) is 0 Å². The Hall–Kier alpha value is -0.120. The minimum atomic E-state index is -0.222. The molecule has 0 spiro atoms. The molecule has 0 aromatic heterocycles. The molecule has 1 fully saturated rings. The van der Waals surface area contributed by atoms with Crippen molar-refractivity contribution >= 4 is 0 Å². The fraction of sp³-hybridized carbons (Fsp3) is 1.00. The van der Waals surface area contributed by atoms with Crippen LogP contribution in [-0.2, 0) is 0 Å². The number of likely N-dealkylation sites (N-methyl/N-ethyl adjacent to an activating group) is 2. The molecule has 0 amide bonds. The normalized spacial score (nSPS) is 20.6. The van der Waals surface area contributed by atoms with Crippen LogP contribution in [0.2, 0.25) is 0 Å². The van der Waals surface area contributed by atoms with Crippen molar-refractivity contribution in [2.75, 3.05) is 26.7 Å². The number of rotatable bonds is 6. The first-order valence-electron chi connectivity index (χ1n) is 5.83. The summed E-state index contributed by atoms with van der Waals surface area (Å²) in [6.07, 6.45) is 5.12. The zero-order valence-corrected chi connectivity index (χ0v) is 9.50. The maximum Gasteiger partial charge on any atom is 0.0791 e. The molecule has 0 bridgehead atoms. The van der Waals surface area contributed by atoms with Crippen LogP contribution in [0, 0.1) is 0 Å². The summed E-state index contributed by atoms with van der Waals surface area (Å²) in [5.74, 6) is 0. The summed E-state index contributed by atoms with van der Waals surface area (Å²) in [5, 5.41) is 12.9. The quantitative estimate of drug-likeness (QED) is 0.667. The molecule has 1 aliphatic carbocycles. The second kappa shape index (κ2) is 6.38. The minimum Gasteiger partial charge on any atom is -0.390 e. The van der Waals surface area contributed by atoms with Gasteiger partial charge >= 0.3 is 0 Å². The Balaban J connectivity index is 2.14. The molecule has 0 radical (unpaired) electrons. The molecule has 1 atom stereocenters. The van der Waals surface area contributed by atoms with Crippen LogP contribution in [0.15, 0.2) is 0 Å². The van der Waals surface area contributed by atoms with Crippen molar-refractivity contribution < 1.29 is 5.11 Å². The van der Waals surface area contributed by atoms with Crippen molar-refractivity contribution in [1.29, 1.82) is 0 Å². The van der Waals surface area contributed by atoms with E-state index in [1.165, 1.54) is 25.7 Å². The molecule has 0 aliphatic heterocycles. The van der Waals surface area contributed by atoms with Gasteiger partial charge in [0.05, 0.1) is 6.10 Å². The average molecular weight is 200 g/mol. The molecule has 1 unspecified atom stereocenters. The van der Waals surface area contributed by atoms with E-state index in [9.17, 15) is 5.11 Å². The molecule has 0 heterocycles. The van der Waals surface area contributed by atoms with Gasteiger partial charge in [-0.1, -0.05) is 19.8 Å². The van der Waals surface area contributed by atoms with Crippen LogP contribution in [0.3, 0.4) is 0 Å². The molecule has 1 aliphatic rings. The average Bonchev–Trinajstić information content (AvgIpc) is 2.67. The SMILES string of the molecule is CCNCC(O)CN(C)C1CCCC1. The van der Waals surface area contributed by atoms with E-state index in [0.717, 1.165) is 13.1 Å². The third-order valence-corrected chi connectivity index (χ3v) is 3.08. The van der Waals surface area contributed by atoms with Crippen molar-refractivity contribution in [2.45, 2.75) is 44.8 Å². The van der Waals surface area contributed by atoms with Gasteiger partial charge in [-0.2, -0.15) is 0 Å². The first-order chi connectivity index (χ1) is 6.74.